The average molecular weight is 229 g/mol. The second-order valence-corrected chi connectivity index (χ2v) is 5.19. The number of aryl methyl sites for hydroxylation is 1. The number of rotatable bonds is 1. The minimum atomic E-state index is 0.657. The molecule has 90 valence electrons. The SMILES string of the molecule is Cc1cc(N)cn2cc(C3CCCCC3)nc12. The number of nitrogens with zero attached hydrogens (tertiary/aromatic N) is 2. The Kier molecular flexibility index (Phi) is 2.54. The first kappa shape index (κ1) is 10.6. The molecule has 2 aromatic heterocycles. The summed E-state index contributed by atoms with van der Waals surface area (Å²) in [5, 5.41) is 0. The van der Waals surface area contributed by atoms with Crippen LogP contribution < -0.4 is 5.73 Å². The minimum Gasteiger partial charge on any atom is -0.398 e. The molecule has 0 radical (unpaired) electrons. The molecule has 1 aliphatic rings. The average Bonchev–Trinajstić information content (AvgIpc) is 2.74. The molecule has 1 aliphatic carbocycles. The van der Waals surface area contributed by atoms with E-state index < -0.39 is 0 Å². The Morgan fingerprint density at radius 2 is 2.00 bits per heavy atom. The molecule has 3 heteroatoms. The summed E-state index contributed by atoms with van der Waals surface area (Å²) >= 11 is 0. The van der Waals surface area contributed by atoms with Crippen molar-refractivity contribution in [3.63, 3.8) is 0 Å². The van der Waals surface area contributed by atoms with Crippen molar-refractivity contribution >= 4 is 11.3 Å². The summed E-state index contributed by atoms with van der Waals surface area (Å²) in [6.07, 6.45) is 10.8. The summed E-state index contributed by atoms with van der Waals surface area (Å²) in [4.78, 5) is 4.78. The third-order valence-corrected chi connectivity index (χ3v) is 3.80. The van der Waals surface area contributed by atoms with E-state index in [4.69, 9.17) is 10.7 Å². The fraction of sp³-hybridized carbons (Fsp3) is 0.500. The van der Waals surface area contributed by atoms with Crippen LogP contribution in [-0.4, -0.2) is 9.38 Å². The Morgan fingerprint density at radius 3 is 2.76 bits per heavy atom. The zero-order chi connectivity index (χ0) is 11.8. The van der Waals surface area contributed by atoms with E-state index in [0.717, 1.165) is 16.9 Å². The highest BCUT2D eigenvalue weighted by Crippen LogP contribution is 2.32. The molecule has 0 atom stereocenters. The summed E-state index contributed by atoms with van der Waals surface area (Å²) in [5.41, 5.74) is 10.1. The number of anilines is 1. The predicted octanol–water partition coefficient (Wildman–Crippen LogP) is 3.27. The van der Waals surface area contributed by atoms with Gasteiger partial charge in [0, 0.05) is 24.0 Å². The fourth-order valence-electron chi connectivity index (χ4n) is 2.91. The van der Waals surface area contributed by atoms with Crippen molar-refractivity contribution in [2.75, 3.05) is 5.73 Å². The lowest BCUT2D eigenvalue weighted by Gasteiger charge is -2.19. The fourth-order valence-corrected chi connectivity index (χ4v) is 2.91. The lowest BCUT2D eigenvalue weighted by molar-refractivity contribution is 0.438. The highest BCUT2D eigenvalue weighted by atomic mass is 15.0. The third kappa shape index (κ3) is 1.90. The summed E-state index contributed by atoms with van der Waals surface area (Å²) < 4.78 is 2.08. The Labute approximate surface area is 102 Å². The minimum absolute atomic E-state index is 0.657. The molecular weight excluding hydrogens is 210 g/mol. The number of nitrogen functional groups attached to an aromatic ring is 1. The van der Waals surface area contributed by atoms with Crippen LogP contribution in [0.15, 0.2) is 18.5 Å². The quantitative estimate of drug-likeness (QED) is 0.815. The van der Waals surface area contributed by atoms with E-state index in [0.29, 0.717) is 5.92 Å². The lowest BCUT2D eigenvalue weighted by atomic mass is 9.87. The van der Waals surface area contributed by atoms with Gasteiger partial charge in [0.05, 0.1) is 5.69 Å². The van der Waals surface area contributed by atoms with E-state index in [2.05, 4.69) is 17.5 Å². The molecule has 0 aromatic carbocycles. The molecule has 3 rings (SSSR count). The maximum atomic E-state index is 5.86. The van der Waals surface area contributed by atoms with Crippen LogP contribution in [0.5, 0.6) is 0 Å². The molecule has 0 aliphatic heterocycles. The van der Waals surface area contributed by atoms with E-state index in [-0.39, 0.29) is 0 Å². The molecule has 2 heterocycles. The van der Waals surface area contributed by atoms with Crippen LogP contribution in [0.1, 0.15) is 49.3 Å². The van der Waals surface area contributed by atoms with Gasteiger partial charge in [0.2, 0.25) is 0 Å². The van der Waals surface area contributed by atoms with Crippen molar-refractivity contribution in [2.24, 2.45) is 0 Å². The van der Waals surface area contributed by atoms with Crippen LogP contribution >= 0.6 is 0 Å². The first-order valence-electron chi connectivity index (χ1n) is 6.49. The van der Waals surface area contributed by atoms with Crippen LogP contribution in [0.2, 0.25) is 0 Å². The zero-order valence-electron chi connectivity index (χ0n) is 10.3. The molecule has 3 nitrogen and oxygen atoms in total. The summed E-state index contributed by atoms with van der Waals surface area (Å²) in [7, 11) is 0. The maximum Gasteiger partial charge on any atom is 0.140 e. The second-order valence-electron chi connectivity index (χ2n) is 5.19. The molecule has 2 aromatic rings. The third-order valence-electron chi connectivity index (χ3n) is 3.80. The van der Waals surface area contributed by atoms with E-state index >= 15 is 0 Å². The molecule has 0 spiro atoms. The molecule has 1 fully saturated rings. The van der Waals surface area contributed by atoms with Gasteiger partial charge in [-0.3, -0.25) is 0 Å². The standard InChI is InChI=1S/C14H19N3/c1-10-7-12(15)8-17-9-13(16-14(10)17)11-5-3-2-4-6-11/h7-9,11H,2-6,15H2,1H3. The number of imidazole rings is 1. The molecule has 0 bridgehead atoms. The van der Waals surface area contributed by atoms with Crippen molar-refractivity contribution in [2.45, 2.75) is 44.9 Å². The van der Waals surface area contributed by atoms with E-state index in [1.54, 1.807) is 0 Å². The van der Waals surface area contributed by atoms with Gasteiger partial charge in [-0.05, 0) is 31.4 Å². The van der Waals surface area contributed by atoms with Gasteiger partial charge in [0.1, 0.15) is 5.65 Å². The van der Waals surface area contributed by atoms with Crippen molar-refractivity contribution < 1.29 is 0 Å². The van der Waals surface area contributed by atoms with Gasteiger partial charge in [-0.15, -0.1) is 0 Å². The highest BCUT2D eigenvalue weighted by molar-refractivity contribution is 5.55. The van der Waals surface area contributed by atoms with Crippen molar-refractivity contribution in [1.82, 2.24) is 9.38 Å². The molecular formula is C14H19N3. The van der Waals surface area contributed by atoms with Gasteiger partial charge in [-0.1, -0.05) is 19.3 Å². The van der Waals surface area contributed by atoms with Crippen LogP contribution in [-0.2, 0) is 0 Å². The Balaban J connectivity index is 2.03. The number of pyridine rings is 1. The number of aromatic nitrogens is 2. The molecule has 0 amide bonds. The first-order valence-corrected chi connectivity index (χ1v) is 6.49. The predicted molar refractivity (Wildman–Crippen MR) is 70.2 cm³/mol. The molecule has 17 heavy (non-hydrogen) atoms. The van der Waals surface area contributed by atoms with Gasteiger partial charge >= 0.3 is 0 Å². The zero-order valence-corrected chi connectivity index (χ0v) is 10.3. The summed E-state index contributed by atoms with van der Waals surface area (Å²) in [5.74, 6) is 0.657. The number of hydrogen-bond donors (Lipinski definition) is 1. The van der Waals surface area contributed by atoms with Crippen LogP contribution in [0.25, 0.3) is 5.65 Å². The molecule has 2 N–H and O–H groups in total. The van der Waals surface area contributed by atoms with Gasteiger partial charge < -0.3 is 10.1 Å². The van der Waals surface area contributed by atoms with Crippen molar-refractivity contribution in [3.05, 3.63) is 29.7 Å². The van der Waals surface area contributed by atoms with Gasteiger partial charge in [-0.25, -0.2) is 4.98 Å². The van der Waals surface area contributed by atoms with Gasteiger partial charge in [-0.2, -0.15) is 0 Å². The monoisotopic (exact) mass is 229 g/mol. The number of fused-ring (bicyclic) bond motifs is 1. The van der Waals surface area contributed by atoms with Gasteiger partial charge in [0.25, 0.3) is 0 Å². The van der Waals surface area contributed by atoms with E-state index in [9.17, 15) is 0 Å². The summed E-state index contributed by atoms with van der Waals surface area (Å²) in [6.45, 7) is 2.07. The molecule has 0 saturated heterocycles. The smallest absolute Gasteiger partial charge is 0.140 e. The van der Waals surface area contributed by atoms with Crippen LogP contribution in [0.3, 0.4) is 0 Å². The van der Waals surface area contributed by atoms with E-state index in [1.807, 2.05) is 12.3 Å². The molecule has 1 saturated carbocycles. The van der Waals surface area contributed by atoms with Crippen molar-refractivity contribution in [3.8, 4) is 0 Å². The van der Waals surface area contributed by atoms with Crippen LogP contribution in [0.4, 0.5) is 5.69 Å². The largest absolute Gasteiger partial charge is 0.398 e. The topological polar surface area (TPSA) is 43.3 Å². The van der Waals surface area contributed by atoms with Crippen molar-refractivity contribution in [1.29, 1.82) is 0 Å². The van der Waals surface area contributed by atoms with Crippen LogP contribution in [0, 0.1) is 6.92 Å². The molecule has 0 unspecified atom stereocenters. The summed E-state index contributed by atoms with van der Waals surface area (Å²) in [6, 6.07) is 1.99. The lowest BCUT2D eigenvalue weighted by Crippen LogP contribution is -2.04. The Hall–Kier alpha value is -1.51. The van der Waals surface area contributed by atoms with Gasteiger partial charge in [0.15, 0.2) is 0 Å². The highest BCUT2D eigenvalue weighted by Gasteiger charge is 2.18. The Bertz CT molecular complexity index is 536. The van der Waals surface area contributed by atoms with E-state index in [1.165, 1.54) is 37.8 Å². The normalized spacial score (nSPS) is 17.7. The number of hydrogen-bond acceptors (Lipinski definition) is 2. The number of nitrogens with two attached hydrogens (primary N) is 1. The second kappa shape index (κ2) is 4.06. The maximum absolute atomic E-state index is 5.86. The Morgan fingerprint density at radius 1 is 1.24 bits per heavy atom. The first-order chi connectivity index (χ1) is 8.24.